The molecule has 0 unspecified atom stereocenters. The average molecular weight is 817 g/mol. The number of hydrogen-bond donors (Lipinski definition) is 9. The van der Waals surface area contributed by atoms with Crippen molar-refractivity contribution >= 4 is 53.0 Å². The largest absolute Gasteiger partial charge is 0.394 e. The molecular formula is C38H60N10O10. The van der Waals surface area contributed by atoms with Gasteiger partial charge in [-0.1, -0.05) is 58.0 Å². The number of nitrogens with zero attached hydrogens (tertiary/aromatic N) is 2. The quantitative estimate of drug-likeness (QED) is 0.0388. The predicted molar refractivity (Wildman–Crippen MR) is 210 cm³/mol. The van der Waals surface area contributed by atoms with Crippen molar-refractivity contribution in [2.24, 2.45) is 40.5 Å². The molecule has 0 aromatic heterocycles. The molecule has 0 spiro atoms. The number of nitrogens with two attached hydrogens (primary N) is 5. The lowest BCUT2D eigenvalue weighted by Gasteiger charge is -2.47. The molecule has 1 aromatic carbocycles. The van der Waals surface area contributed by atoms with Crippen LogP contribution in [0.3, 0.4) is 0 Å². The number of Topliss-reactive ketones (excluding diaryl/α,β-unsaturated/α-hetero) is 1. The third-order valence-corrected chi connectivity index (χ3v) is 10.2. The summed E-state index contributed by atoms with van der Waals surface area (Å²) in [7, 11) is 0. The predicted octanol–water partition coefficient (Wildman–Crippen LogP) is -3.23. The van der Waals surface area contributed by atoms with Gasteiger partial charge in [-0.25, -0.2) is 0 Å². The fraction of sp³-hybridized carbons (Fsp3) is 0.605. The Morgan fingerprint density at radius 3 is 2.03 bits per heavy atom. The molecule has 58 heavy (non-hydrogen) atoms. The molecule has 0 aliphatic carbocycles. The lowest BCUT2D eigenvalue weighted by Crippen LogP contribution is -2.76. The van der Waals surface area contributed by atoms with Crippen molar-refractivity contribution in [2.45, 2.75) is 115 Å². The highest BCUT2D eigenvalue weighted by atomic mass is 16.3. The van der Waals surface area contributed by atoms with Crippen LogP contribution in [0.15, 0.2) is 30.3 Å². The van der Waals surface area contributed by atoms with Gasteiger partial charge in [-0.3, -0.25) is 53.4 Å². The molecule has 322 valence electrons. The molecule has 6 atom stereocenters. The van der Waals surface area contributed by atoms with Crippen LogP contribution in [-0.4, -0.2) is 123 Å². The van der Waals surface area contributed by atoms with E-state index < -0.39 is 126 Å². The van der Waals surface area contributed by atoms with Crippen LogP contribution in [0.5, 0.6) is 0 Å². The number of aliphatic hydroxyl groups is 1. The van der Waals surface area contributed by atoms with E-state index in [4.69, 9.17) is 28.7 Å². The second-order valence-corrected chi connectivity index (χ2v) is 15.2. The molecule has 1 heterocycles. The van der Waals surface area contributed by atoms with Crippen molar-refractivity contribution in [3.63, 3.8) is 0 Å². The summed E-state index contributed by atoms with van der Waals surface area (Å²) in [5.41, 5.74) is 25.4. The maximum Gasteiger partial charge on any atom is 0.261 e. The molecule has 1 saturated heterocycles. The molecule has 1 aliphatic rings. The van der Waals surface area contributed by atoms with E-state index in [0.29, 0.717) is 11.3 Å². The van der Waals surface area contributed by atoms with E-state index in [0.717, 1.165) is 17.4 Å². The third kappa shape index (κ3) is 11.9. The summed E-state index contributed by atoms with van der Waals surface area (Å²) >= 11 is 0. The van der Waals surface area contributed by atoms with Gasteiger partial charge in [0.15, 0.2) is 17.0 Å². The molecule has 20 nitrogen and oxygen atoms in total. The van der Waals surface area contributed by atoms with Crippen molar-refractivity contribution < 1.29 is 48.3 Å². The Morgan fingerprint density at radius 1 is 0.948 bits per heavy atom. The lowest BCUT2D eigenvalue weighted by molar-refractivity contribution is -0.163. The van der Waals surface area contributed by atoms with Crippen LogP contribution in [0.4, 0.5) is 0 Å². The molecule has 0 saturated carbocycles. The summed E-state index contributed by atoms with van der Waals surface area (Å²) in [4.78, 5) is 123. The number of aryl methyl sites for hydroxylation is 1. The zero-order chi connectivity index (χ0) is 44.1. The van der Waals surface area contributed by atoms with Crippen LogP contribution in [0.1, 0.15) is 78.7 Å². The van der Waals surface area contributed by atoms with E-state index in [9.17, 15) is 38.7 Å². The number of hydrogen-bond acceptors (Lipinski definition) is 13. The minimum absolute atomic E-state index is 0.0610. The van der Waals surface area contributed by atoms with Crippen LogP contribution >= 0.6 is 0 Å². The molecule has 20 heteroatoms. The maximum absolute atomic E-state index is 15.3. The van der Waals surface area contributed by atoms with Crippen molar-refractivity contribution in [2.75, 3.05) is 19.7 Å². The molecular weight excluding hydrogens is 756 g/mol. The monoisotopic (exact) mass is 816 g/mol. The Labute approximate surface area is 337 Å². The topological polar surface area (TPSA) is 347 Å². The van der Waals surface area contributed by atoms with Crippen LogP contribution in [0.25, 0.3) is 0 Å². The zero-order valence-electron chi connectivity index (χ0n) is 33.8. The Bertz CT molecular complexity index is 1680. The first-order valence-electron chi connectivity index (χ1n) is 19.2. The van der Waals surface area contributed by atoms with E-state index >= 15 is 9.59 Å². The first kappa shape index (κ1) is 48.8. The summed E-state index contributed by atoms with van der Waals surface area (Å²) in [5.74, 6) is -10.8. The molecule has 1 aromatic rings. The molecule has 0 radical (unpaired) electrons. The number of benzene rings is 1. The van der Waals surface area contributed by atoms with Crippen LogP contribution < -0.4 is 44.6 Å². The number of rotatable bonds is 23. The number of imide groups is 1. The third-order valence-electron chi connectivity index (χ3n) is 10.2. The van der Waals surface area contributed by atoms with Crippen LogP contribution in [-0.2, 0) is 49.6 Å². The highest BCUT2D eigenvalue weighted by Crippen LogP contribution is 2.32. The van der Waals surface area contributed by atoms with E-state index in [1.807, 2.05) is 30.3 Å². The summed E-state index contributed by atoms with van der Waals surface area (Å²) in [6, 6.07) is 2.68. The van der Waals surface area contributed by atoms with Crippen molar-refractivity contribution in [3.05, 3.63) is 35.9 Å². The minimum atomic E-state index is -2.31. The Hall–Kier alpha value is -5.31. The van der Waals surface area contributed by atoms with E-state index in [-0.39, 0.29) is 32.4 Å². The van der Waals surface area contributed by atoms with Crippen LogP contribution in [0.2, 0.25) is 0 Å². The molecule has 1 fully saturated rings. The number of aliphatic hydroxyl groups excluding tert-OH is 1. The number of carbonyl (C=O) groups excluding carboxylic acids is 9. The van der Waals surface area contributed by atoms with Gasteiger partial charge < -0.3 is 49.3 Å². The van der Waals surface area contributed by atoms with Gasteiger partial charge in [0.05, 0.1) is 13.0 Å². The van der Waals surface area contributed by atoms with Crippen LogP contribution in [0, 0.1) is 11.8 Å². The smallest absolute Gasteiger partial charge is 0.261 e. The molecule has 8 amide bonds. The van der Waals surface area contributed by atoms with Crippen molar-refractivity contribution in [1.82, 2.24) is 25.8 Å². The Kier molecular flexibility index (Phi) is 18.1. The van der Waals surface area contributed by atoms with Gasteiger partial charge in [0.25, 0.3) is 17.7 Å². The molecule has 0 bridgehead atoms. The standard InChI is InChI=1S/C38H60N10O10/c1-21(2)30(32(42)54)46-35(57)38(43,22(3)4)47(18-9-13-24-11-7-6-8-12-24)36(58)37(16-10-17-44-37)31(53)27(19-29(41)52)48(23(5)50)34(56)26(14-15-28(40)51)45-33(55)25(39)20-49/h6-8,11-12,21-22,25-27,30,44,49H,9-10,13-20,39,43H2,1-5H3,(H2,40,51)(H2,41,52)(H2,42,54)(H,45,55)(H,46,57)/t25-,26-,27-,30-,37+,38-/m0/s1. The number of primary amides is 3. The lowest BCUT2D eigenvalue weighted by atomic mass is 9.81. The molecule has 14 N–H and O–H groups in total. The maximum atomic E-state index is 15.3. The van der Waals surface area contributed by atoms with E-state index in [1.54, 1.807) is 27.7 Å². The second kappa shape index (κ2) is 21.4. The number of carbonyl (C=O) groups is 9. The number of nitrogens with one attached hydrogen (secondary N) is 3. The Morgan fingerprint density at radius 2 is 1.57 bits per heavy atom. The van der Waals surface area contributed by atoms with E-state index in [2.05, 4.69) is 16.0 Å². The van der Waals surface area contributed by atoms with E-state index in [1.165, 1.54) is 0 Å². The zero-order valence-corrected chi connectivity index (χ0v) is 33.8. The Balaban J connectivity index is 2.82. The number of amides is 8. The molecule has 2 rings (SSSR count). The summed E-state index contributed by atoms with van der Waals surface area (Å²) in [6.07, 6.45) is -1.37. The second-order valence-electron chi connectivity index (χ2n) is 15.2. The summed E-state index contributed by atoms with van der Waals surface area (Å²) in [6.45, 7) is 6.34. The van der Waals surface area contributed by atoms with Crippen molar-refractivity contribution in [1.29, 1.82) is 0 Å². The number of ketones is 1. The molecule has 1 aliphatic heterocycles. The van der Waals surface area contributed by atoms with Gasteiger partial charge in [-0.15, -0.1) is 0 Å². The first-order valence-corrected chi connectivity index (χ1v) is 19.2. The van der Waals surface area contributed by atoms with Gasteiger partial charge in [0.2, 0.25) is 29.5 Å². The van der Waals surface area contributed by atoms with Gasteiger partial charge in [-0.05, 0) is 56.0 Å². The highest BCUT2D eigenvalue weighted by Gasteiger charge is 2.58. The van der Waals surface area contributed by atoms with Gasteiger partial charge in [0, 0.05) is 19.9 Å². The van der Waals surface area contributed by atoms with Gasteiger partial charge >= 0.3 is 0 Å². The van der Waals surface area contributed by atoms with Gasteiger partial charge in [-0.2, -0.15) is 0 Å². The fourth-order valence-corrected chi connectivity index (χ4v) is 6.91. The minimum Gasteiger partial charge on any atom is -0.394 e. The average Bonchev–Trinajstić information content (AvgIpc) is 3.66. The SMILES string of the molecule is CC(=O)N(C(=O)[C@H](CCC(N)=O)NC(=O)[C@@H](N)CO)[C@@H](CC(N)=O)C(=O)[C@@]1(C(=O)N(CCCc2ccccc2)[C@](N)(C(=O)N[C@H](C(N)=O)C(C)C)C(C)C)CCCN1. The fourth-order valence-electron chi connectivity index (χ4n) is 6.91. The van der Waals surface area contributed by atoms with Crippen molar-refractivity contribution in [3.8, 4) is 0 Å². The first-order chi connectivity index (χ1) is 27.1. The normalized spacial score (nSPS) is 18.2. The highest BCUT2D eigenvalue weighted by molar-refractivity contribution is 6.17. The summed E-state index contributed by atoms with van der Waals surface area (Å²) < 4.78 is 0. The van der Waals surface area contributed by atoms with Gasteiger partial charge in [0.1, 0.15) is 24.2 Å². The summed E-state index contributed by atoms with van der Waals surface area (Å²) in [5, 5.41) is 17.2.